The zero-order chi connectivity index (χ0) is 97.6. The van der Waals surface area contributed by atoms with Crippen LogP contribution in [0.5, 0.6) is 0 Å². The van der Waals surface area contributed by atoms with E-state index in [0.29, 0.717) is 11.8 Å². The first-order valence-electron chi connectivity index (χ1n) is 51.0. The van der Waals surface area contributed by atoms with E-state index in [1.54, 1.807) is 11.3 Å². The fourth-order valence-electron chi connectivity index (χ4n) is 24.7. The summed E-state index contributed by atoms with van der Waals surface area (Å²) in [5.41, 5.74) is 32.9. The van der Waals surface area contributed by atoms with Crippen molar-refractivity contribution in [2.24, 2.45) is 0 Å². The maximum absolute atomic E-state index is 6.53. The minimum absolute atomic E-state index is 0.641. The van der Waals surface area contributed by atoms with Crippen molar-refractivity contribution in [3.05, 3.63) is 504 Å². The van der Waals surface area contributed by atoms with Gasteiger partial charge in [0.25, 0.3) is 0 Å². The summed E-state index contributed by atoms with van der Waals surface area (Å²) >= 11 is 1.79. The van der Waals surface area contributed by atoms with E-state index in [-0.39, 0.29) is 0 Å². The summed E-state index contributed by atoms with van der Waals surface area (Å²) in [6.07, 6.45) is 0. The van der Waals surface area contributed by atoms with E-state index < -0.39 is 0 Å². The SMILES string of the molecule is c1ccc(-c2nc3ccc4ccc5ccc(-c6ccc(-c7ccc8c9ccccc9c9ccccc9c8c7)c7ccccc67)cc5c4c3o2)cc1.c1ccc(-c2nc3ccc4ccc5ccc(-c6cccc7c(-c8ccc9c%10c(cccc8%10)-c8ccccc8-9)cccc67)cc5c4c3o2)cc1.c1ccc(-c2nc3ccc4ccc5ccc(-c6cccc7c(-c8ccc9c%10c(cccc8%10)-c8ccccc8-9)cccc67)cc5c4c3s2)cc1. The summed E-state index contributed by atoms with van der Waals surface area (Å²) in [5.74, 6) is 1.28. The van der Waals surface area contributed by atoms with Crippen molar-refractivity contribution in [2.45, 2.75) is 0 Å². The van der Waals surface area contributed by atoms with Gasteiger partial charge >= 0.3 is 0 Å². The minimum atomic E-state index is 0.641. The third-order valence-electron chi connectivity index (χ3n) is 31.6. The molecule has 2 aliphatic carbocycles. The molecule has 0 N–H and O–H groups in total. The quantitative estimate of drug-likeness (QED) is 0.135. The van der Waals surface area contributed by atoms with Gasteiger partial charge in [0, 0.05) is 32.8 Å². The number of benzene rings is 28. The summed E-state index contributed by atoms with van der Waals surface area (Å²) in [5, 5.41) is 35.8. The molecule has 0 unspecified atom stereocenters. The molecule has 688 valence electrons. The normalized spacial score (nSPS) is 12.0. The number of rotatable bonds is 9. The van der Waals surface area contributed by atoms with Gasteiger partial charge in [0.15, 0.2) is 11.2 Å². The van der Waals surface area contributed by atoms with E-state index in [4.69, 9.17) is 23.8 Å². The van der Waals surface area contributed by atoms with Crippen LogP contribution < -0.4 is 0 Å². The molecule has 0 fully saturated rings. The molecule has 33 rings (SSSR count). The summed E-state index contributed by atoms with van der Waals surface area (Å²) in [7, 11) is 0. The second-order valence-corrected chi connectivity index (χ2v) is 40.5. The number of thiazole rings is 1. The van der Waals surface area contributed by atoms with Crippen molar-refractivity contribution in [3.8, 4) is 145 Å². The average molecular weight is 1910 g/mol. The van der Waals surface area contributed by atoms with Crippen LogP contribution in [0.4, 0.5) is 0 Å². The highest BCUT2D eigenvalue weighted by Gasteiger charge is 2.28. The van der Waals surface area contributed by atoms with Gasteiger partial charge in [-0.05, 0) is 313 Å². The van der Waals surface area contributed by atoms with Crippen LogP contribution in [0.2, 0.25) is 0 Å². The van der Waals surface area contributed by atoms with Gasteiger partial charge in [0.05, 0.1) is 10.2 Å². The van der Waals surface area contributed by atoms with Crippen LogP contribution in [-0.2, 0) is 0 Å². The highest BCUT2D eigenvalue weighted by atomic mass is 32.1. The summed E-state index contributed by atoms with van der Waals surface area (Å²) in [6, 6.07) is 183. The van der Waals surface area contributed by atoms with Crippen LogP contribution in [0.1, 0.15) is 0 Å². The van der Waals surface area contributed by atoms with Crippen LogP contribution in [-0.4, -0.2) is 15.0 Å². The number of oxazole rings is 2. The number of aromatic nitrogens is 3. The Morgan fingerprint density at radius 1 is 0.141 bits per heavy atom. The van der Waals surface area contributed by atoms with Gasteiger partial charge in [-0.3, -0.25) is 0 Å². The predicted molar refractivity (Wildman–Crippen MR) is 631 cm³/mol. The molecule has 0 amide bonds. The molecular weight excluding hydrogens is 1820 g/mol. The Bertz CT molecular complexity index is 10700. The second kappa shape index (κ2) is 33.6. The van der Waals surface area contributed by atoms with Crippen LogP contribution >= 0.6 is 11.3 Å². The molecule has 3 heterocycles. The summed E-state index contributed by atoms with van der Waals surface area (Å²) in [6.45, 7) is 0. The first kappa shape index (κ1) is 84.2. The predicted octanol–water partition coefficient (Wildman–Crippen LogP) is 40.4. The fourth-order valence-corrected chi connectivity index (χ4v) is 25.9. The third kappa shape index (κ3) is 13.4. The average Bonchev–Trinajstić information content (AvgIpc) is 1.04. The molecule has 0 aliphatic heterocycles. The van der Waals surface area contributed by atoms with Crippen LogP contribution in [0, 0.1) is 0 Å². The van der Waals surface area contributed by atoms with Gasteiger partial charge in [0.1, 0.15) is 16.0 Å². The minimum Gasteiger partial charge on any atom is -0.435 e. The zero-order valence-corrected chi connectivity index (χ0v) is 81.3. The standard InChI is InChI=1S/C49H29NO.C47H27NO.C47H27NS/c1-2-10-32(11-3-1)49-50-46-27-23-31-20-18-30-19-21-33(28-44(30)47(31)48(46)51-49)35-25-26-36(38-13-5-4-12-37(35)38)34-22-24-43-41-16-7-6-14-39(41)40-15-8-9-17-42(40)45(43)29-34;2*1-2-9-30(10-3-1)47-48-43-26-23-29-21-19-28-20-22-31(27-42(28)44(29)46(43)49-47)32-13-6-15-34-33(32)14-7-16-35(34)38-24-25-41-37-12-5-4-11-36(37)39-17-8-18-40(38)45(39)41/h1-29H;2*1-27H. The molecule has 6 heteroatoms. The van der Waals surface area contributed by atoms with E-state index >= 15 is 0 Å². The van der Waals surface area contributed by atoms with Gasteiger partial charge in [-0.2, -0.15) is 0 Å². The molecule has 2 aliphatic rings. The molecular formula is C143H83N3O2S. The summed E-state index contributed by atoms with van der Waals surface area (Å²) in [4.78, 5) is 14.8. The molecule has 28 aromatic carbocycles. The Morgan fingerprint density at radius 2 is 0.403 bits per heavy atom. The molecule has 149 heavy (non-hydrogen) atoms. The van der Waals surface area contributed by atoms with Gasteiger partial charge in [0.2, 0.25) is 11.8 Å². The summed E-state index contributed by atoms with van der Waals surface area (Å²) < 4.78 is 14.3. The Hall–Kier alpha value is -19.4. The lowest BCUT2D eigenvalue weighted by Gasteiger charge is -2.15. The Kier molecular flexibility index (Phi) is 19.0. The molecule has 3 aromatic heterocycles. The van der Waals surface area contributed by atoms with E-state index in [1.807, 2.05) is 60.7 Å². The van der Waals surface area contributed by atoms with Crippen molar-refractivity contribution in [2.75, 3.05) is 0 Å². The van der Waals surface area contributed by atoms with Gasteiger partial charge in [-0.25, -0.2) is 15.0 Å². The van der Waals surface area contributed by atoms with Crippen LogP contribution in [0.25, 0.3) is 328 Å². The van der Waals surface area contributed by atoms with Crippen LogP contribution in [0.3, 0.4) is 0 Å². The number of nitrogens with zero attached hydrogens (tertiary/aromatic N) is 3. The molecule has 5 nitrogen and oxygen atoms in total. The molecule has 0 bridgehead atoms. The van der Waals surface area contributed by atoms with Gasteiger partial charge in [-0.1, -0.05) is 437 Å². The molecule has 0 spiro atoms. The van der Waals surface area contributed by atoms with E-state index in [9.17, 15) is 0 Å². The van der Waals surface area contributed by atoms with Crippen molar-refractivity contribution in [1.82, 2.24) is 15.0 Å². The lowest BCUT2D eigenvalue weighted by atomic mass is 9.88. The van der Waals surface area contributed by atoms with Crippen molar-refractivity contribution in [3.63, 3.8) is 0 Å². The van der Waals surface area contributed by atoms with E-state index in [2.05, 4.69) is 443 Å². The number of hydrogen-bond acceptors (Lipinski definition) is 6. The maximum atomic E-state index is 6.53. The lowest BCUT2D eigenvalue weighted by molar-refractivity contribution is 0.623. The number of fused-ring (bicyclic) bond motifs is 30. The van der Waals surface area contributed by atoms with E-state index in [0.717, 1.165) is 81.7 Å². The highest BCUT2D eigenvalue weighted by molar-refractivity contribution is 7.22. The third-order valence-corrected chi connectivity index (χ3v) is 32.7. The van der Waals surface area contributed by atoms with Gasteiger partial charge in [-0.15, -0.1) is 11.3 Å². The van der Waals surface area contributed by atoms with Gasteiger partial charge < -0.3 is 8.83 Å². The Balaban J connectivity index is 0.000000101. The Labute approximate surface area is 860 Å². The Morgan fingerprint density at radius 3 is 0.832 bits per heavy atom. The lowest BCUT2D eigenvalue weighted by Crippen LogP contribution is -1.88. The highest BCUT2D eigenvalue weighted by Crippen LogP contribution is 2.55. The molecule has 0 radical (unpaired) electrons. The van der Waals surface area contributed by atoms with Crippen LogP contribution in [0.15, 0.2) is 512 Å². The first-order chi connectivity index (χ1) is 73.9. The fraction of sp³-hybridized carbons (Fsp3) is 0. The topological polar surface area (TPSA) is 65.0 Å². The van der Waals surface area contributed by atoms with E-state index in [1.165, 1.54) is 234 Å². The molecule has 31 aromatic rings. The van der Waals surface area contributed by atoms with Crippen molar-refractivity contribution < 1.29 is 8.83 Å². The largest absolute Gasteiger partial charge is 0.435 e. The number of hydrogen-bond donors (Lipinski definition) is 0. The maximum Gasteiger partial charge on any atom is 0.227 e. The van der Waals surface area contributed by atoms with Crippen molar-refractivity contribution >= 4 is 195 Å². The first-order valence-corrected chi connectivity index (χ1v) is 51.9. The zero-order valence-electron chi connectivity index (χ0n) is 80.5. The smallest absolute Gasteiger partial charge is 0.227 e. The van der Waals surface area contributed by atoms with Crippen molar-refractivity contribution in [1.29, 1.82) is 0 Å². The second-order valence-electron chi connectivity index (χ2n) is 39.5. The monoisotopic (exact) mass is 1910 g/mol. The molecule has 0 saturated carbocycles. The molecule has 0 atom stereocenters. The molecule has 0 saturated heterocycles.